The van der Waals surface area contributed by atoms with Gasteiger partial charge in [-0.1, -0.05) is 6.42 Å². The van der Waals surface area contributed by atoms with Gasteiger partial charge in [0.2, 0.25) is 0 Å². The van der Waals surface area contributed by atoms with Crippen LogP contribution < -0.4 is 0 Å². The minimum atomic E-state index is -6.35. The highest BCUT2D eigenvalue weighted by Gasteiger charge is 2.68. The van der Waals surface area contributed by atoms with Gasteiger partial charge < -0.3 is 4.55 Å². The van der Waals surface area contributed by atoms with Crippen LogP contribution in [0.5, 0.6) is 0 Å². The van der Waals surface area contributed by atoms with Gasteiger partial charge in [0.05, 0.1) is 0 Å². The molecule has 2 fully saturated rings. The van der Waals surface area contributed by atoms with Crippen LogP contribution >= 0.6 is 11.3 Å². The number of hydrogen-bond acceptors (Lipinski definition) is 3. The zero-order valence-electron chi connectivity index (χ0n) is 11.5. The van der Waals surface area contributed by atoms with E-state index in [4.69, 9.17) is 0 Å². The molecule has 0 aromatic carbocycles. The molecule has 9 heteroatoms. The van der Waals surface area contributed by atoms with E-state index in [1.54, 1.807) is 0 Å². The Morgan fingerprint density at radius 3 is 1.95 bits per heavy atom. The average Bonchev–Trinajstić information content (AvgIpc) is 3.16. The molecule has 0 radical (unpaired) electrons. The number of hydrogen-bond donors (Lipinski definition) is 0. The van der Waals surface area contributed by atoms with Crippen LogP contribution in [0.2, 0.25) is 0 Å². The fourth-order valence-electron chi connectivity index (χ4n) is 3.32. The quantitative estimate of drug-likeness (QED) is 0.469. The first-order valence-corrected chi connectivity index (χ1v) is 9.24. The molecular formula is C13H16F4O3S2. The van der Waals surface area contributed by atoms with Gasteiger partial charge in [-0.15, -0.1) is 0 Å². The summed E-state index contributed by atoms with van der Waals surface area (Å²) in [5, 5.41) is -1.32. The molecule has 3 rings (SSSR count). The molecule has 3 nitrogen and oxygen atoms in total. The van der Waals surface area contributed by atoms with Crippen LogP contribution in [0, 0.1) is 17.8 Å². The van der Waals surface area contributed by atoms with Crippen LogP contribution in [-0.4, -0.2) is 24.1 Å². The largest absolute Gasteiger partial charge is 0.743 e. The normalized spacial score (nSPS) is 28.3. The average molecular weight is 360 g/mol. The Balaban J connectivity index is 0.000000299. The van der Waals surface area contributed by atoms with Crippen LogP contribution in [0.4, 0.5) is 17.6 Å². The molecule has 2 aliphatic carbocycles. The first-order chi connectivity index (χ1) is 10.1. The van der Waals surface area contributed by atoms with E-state index in [1.165, 1.54) is 11.3 Å². The monoisotopic (exact) mass is 360 g/mol. The first kappa shape index (κ1) is 17.7. The smallest absolute Gasteiger partial charge is 0.396 e. The summed E-state index contributed by atoms with van der Waals surface area (Å²) in [5.74, 6) is -7.10. The van der Waals surface area contributed by atoms with E-state index >= 15 is 0 Å². The van der Waals surface area contributed by atoms with E-state index in [2.05, 4.69) is 10.8 Å². The second kappa shape index (κ2) is 6.09. The van der Waals surface area contributed by atoms with E-state index in [0.717, 1.165) is 0 Å². The second-order valence-corrected chi connectivity index (χ2v) is 8.02. The maximum absolute atomic E-state index is 13.5. The van der Waals surface area contributed by atoms with Crippen LogP contribution in [-0.2, 0) is 10.1 Å². The minimum Gasteiger partial charge on any atom is -0.743 e. The summed E-state index contributed by atoms with van der Waals surface area (Å²) in [6.45, 7) is 0. The molecular weight excluding hydrogens is 344 g/mol. The van der Waals surface area contributed by atoms with Crippen molar-refractivity contribution in [2.75, 3.05) is 0 Å². The van der Waals surface area contributed by atoms with Gasteiger partial charge in [0.25, 0.3) is 0 Å². The predicted octanol–water partition coefficient (Wildman–Crippen LogP) is 3.68. The fourth-order valence-corrected chi connectivity index (χ4v) is 4.30. The van der Waals surface area contributed by atoms with Crippen LogP contribution in [0.1, 0.15) is 25.7 Å². The molecule has 22 heavy (non-hydrogen) atoms. The highest BCUT2D eigenvalue weighted by molar-refractivity contribution is 7.86. The molecule has 1 aromatic heterocycles. The molecule has 126 valence electrons. The number of thiophene rings is 1. The lowest BCUT2D eigenvalue weighted by atomic mass is 9.84. The highest BCUT2D eigenvalue weighted by Crippen LogP contribution is 2.57. The Labute approximate surface area is 130 Å². The van der Waals surface area contributed by atoms with Gasteiger partial charge in [-0.05, 0) is 54.6 Å². The molecule has 2 aliphatic rings. The summed E-state index contributed by atoms with van der Waals surface area (Å²) in [7, 11) is -6.35. The number of halogens is 4. The van der Waals surface area contributed by atoms with Crippen molar-refractivity contribution in [3.05, 3.63) is 22.9 Å². The number of fused-ring (bicyclic) bond motifs is 2. The summed E-state index contributed by atoms with van der Waals surface area (Å²) < 4.78 is 84.0. The Kier molecular flexibility index (Phi) is 4.89. The molecule has 0 saturated heterocycles. The number of alkyl halides is 4. The Morgan fingerprint density at radius 2 is 1.64 bits per heavy atom. The van der Waals surface area contributed by atoms with Gasteiger partial charge in [-0.3, -0.25) is 0 Å². The van der Waals surface area contributed by atoms with Gasteiger partial charge in [0.1, 0.15) is 10.8 Å². The maximum atomic E-state index is 13.5. The standard InChI is InChI=1S/C9H12F4O3S.C4H4S/c10-8(11,9(12,13)17(14,15)16)7-4-5-1-2-6(7)3-5;1-2-4-5-3-1/h5-7H,1-4H2,(H,14,15,16);1-4H. The maximum Gasteiger partial charge on any atom is 0.396 e. The lowest BCUT2D eigenvalue weighted by Gasteiger charge is -2.36. The summed E-state index contributed by atoms with van der Waals surface area (Å²) in [6, 6.07) is 4.09. The van der Waals surface area contributed by atoms with Crippen molar-refractivity contribution in [1.82, 2.24) is 0 Å². The van der Waals surface area contributed by atoms with Gasteiger partial charge in [-0.25, -0.2) is 8.42 Å². The lowest BCUT2D eigenvalue weighted by molar-refractivity contribution is -0.202. The van der Waals surface area contributed by atoms with E-state index in [-0.39, 0.29) is 12.3 Å². The fraction of sp³-hybridized carbons (Fsp3) is 0.692. The van der Waals surface area contributed by atoms with Gasteiger partial charge in [0.15, 0.2) is 10.1 Å². The number of rotatable bonds is 3. The molecule has 0 aliphatic heterocycles. The molecule has 1 aromatic rings. The Bertz CT molecular complexity index is 569. The summed E-state index contributed by atoms with van der Waals surface area (Å²) in [4.78, 5) is 0. The van der Waals surface area contributed by atoms with Crippen LogP contribution in [0.15, 0.2) is 22.9 Å². The van der Waals surface area contributed by atoms with Gasteiger partial charge in [0, 0.05) is 5.92 Å². The predicted molar refractivity (Wildman–Crippen MR) is 74.2 cm³/mol. The molecule has 3 atom stereocenters. The molecule has 2 bridgehead atoms. The van der Waals surface area contributed by atoms with Gasteiger partial charge in [-0.2, -0.15) is 17.6 Å². The molecule has 0 spiro atoms. The van der Waals surface area contributed by atoms with Crippen molar-refractivity contribution in [3.63, 3.8) is 0 Å². The van der Waals surface area contributed by atoms with E-state index < -0.39 is 33.1 Å². The van der Waals surface area contributed by atoms with Crippen LogP contribution in [0.25, 0.3) is 0 Å². The van der Waals surface area contributed by atoms with Crippen molar-refractivity contribution < 1.29 is 30.5 Å². The highest BCUT2D eigenvalue weighted by atomic mass is 32.2. The van der Waals surface area contributed by atoms with Crippen molar-refractivity contribution in [1.29, 1.82) is 0 Å². The third-order valence-corrected chi connectivity index (χ3v) is 5.95. The van der Waals surface area contributed by atoms with Gasteiger partial charge >= 0.3 is 11.2 Å². The summed E-state index contributed by atoms with van der Waals surface area (Å²) in [5.41, 5.74) is 0. The molecule has 0 amide bonds. The summed E-state index contributed by atoms with van der Waals surface area (Å²) in [6.07, 6.45) is 1.42. The summed E-state index contributed by atoms with van der Waals surface area (Å²) >= 11 is 1.33. The lowest BCUT2D eigenvalue weighted by Crippen LogP contribution is -2.52. The molecule has 3 unspecified atom stereocenters. The molecule has 0 N–H and O–H groups in total. The topological polar surface area (TPSA) is 57.2 Å². The second-order valence-electron chi connectivity index (χ2n) is 5.71. The van der Waals surface area contributed by atoms with Crippen molar-refractivity contribution in [2.24, 2.45) is 17.8 Å². The molecule has 1 heterocycles. The Morgan fingerprint density at radius 1 is 1.05 bits per heavy atom. The Hall–Kier alpha value is -0.670. The third kappa shape index (κ3) is 3.16. The SMILES string of the molecule is O=S(=O)([O-])C(F)(F)C(F)(F)C1CC2CCC1C2.c1cc[sH+]c1. The van der Waals surface area contributed by atoms with E-state index in [0.29, 0.717) is 19.3 Å². The van der Waals surface area contributed by atoms with Crippen molar-refractivity contribution in [3.8, 4) is 0 Å². The molecule has 2 saturated carbocycles. The minimum absolute atomic E-state index is 0.0407. The van der Waals surface area contributed by atoms with E-state index in [1.807, 2.05) is 12.1 Å². The van der Waals surface area contributed by atoms with E-state index in [9.17, 15) is 30.5 Å². The zero-order valence-corrected chi connectivity index (χ0v) is 13.2. The first-order valence-electron chi connectivity index (χ1n) is 6.80. The van der Waals surface area contributed by atoms with Crippen LogP contribution in [0.3, 0.4) is 0 Å². The zero-order chi connectivity index (χ0) is 16.6. The van der Waals surface area contributed by atoms with Crippen molar-refractivity contribution in [2.45, 2.75) is 36.9 Å². The van der Waals surface area contributed by atoms with Crippen molar-refractivity contribution >= 4 is 21.5 Å². The third-order valence-electron chi connectivity index (χ3n) is 4.36.